The van der Waals surface area contributed by atoms with E-state index in [1.165, 1.54) is 6.42 Å². The quantitative estimate of drug-likeness (QED) is 0.876. The summed E-state index contributed by atoms with van der Waals surface area (Å²) in [6.07, 6.45) is 8.91. The standard InChI is InChI=1S/C16H22N2O3/c19-14(20)11-16(8-1-2-9-16)17-15(21)13-7-4-10-18(13)12-5-3-6-12/h4,7,10,12H,1-3,5-6,8-9,11H2,(H,17,21)(H,19,20). The highest BCUT2D eigenvalue weighted by molar-refractivity contribution is 5.93. The maximum absolute atomic E-state index is 12.6. The van der Waals surface area contributed by atoms with Gasteiger partial charge in [-0.2, -0.15) is 0 Å². The van der Waals surface area contributed by atoms with Crippen LogP contribution in [0.25, 0.3) is 0 Å². The molecule has 0 saturated heterocycles. The average Bonchev–Trinajstić information content (AvgIpc) is 2.96. The van der Waals surface area contributed by atoms with Crippen molar-refractivity contribution in [2.45, 2.75) is 62.9 Å². The van der Waals surface area contributed by atoms with Crippen molar-refractivity contribution in [3.63, 3.8) is 0 Å². The molecule has 1 aromatic heterocycles. The van der Waals surface area contributed by atoms with Gasteiger partial charge in [0.25, 0.3) is 5.91 Å². The molecular weight excluding hydrogens is 268 g/mol. The molecule has 0 bridgehead atoms. The molecule has 2 aliphatic rings. The largest absolute Gasteiger partial charge is 0.481 e. The smallest absolute Gasteiger partial charge is 0.305 e. The number of amides is 1. The molecule has 1 amide bonds. The van der Waals surface area contributed by atoms with Crippen LogP contribution in [-0.2, 0) is 4.79 Å². The molecule has 0 radical (unpaired) electrons. The highest BCUT2D eigenvalue weighted by atomic mass is 16.4. The Kier molecular flexibility index (Phi) is 3.74. The van der Waals surface area contributed by atoms with Gasteiger partial charge < -0.3 is 15.0 Å². The van der Waals surface area contributed by atoms with Crippen molar-refractivity contribution in [3.05, 3.63) is 24.0 Å². The zero-order chi connectivity index (χ0) is 14.9. The highest BCUT2D eigenvalue weighted by Crippen LogP contribution is 2.35. The summed E-state index contributed by atoms with van der Waals surface area (Å²) < 4.78 is 2.04. The summed E-state index contributed by atoms with van der Waals surface area (Å²) in [5.74, 6) is -0.971. The summed E-state index contributed by atoms with van der Waals surface area (Å²) in [6.45, 7) is 0. The molecule has 3 rings (SSSR count). The summed E-state index contributed by atoms with van der Waals surface area (Å²) in [5.41, 5.74) is 0.105. The van der Waals surface area contributed by atoms with Crippen molar-refractivity contribution in [1.82, 2.24) is 9.88 Å². The van der Waals surface area contributed by atoms with Crippen LogP contribution in [0.2, 0.25) is 0 Å². The lowest BCUT2D eigenvalue weighted by Gasteiger charge is -2.31. The second-order valence-corrected chi connectivity index (χ2v) is 6.40. The van der Waals surface area contributed by atoms with E-state index in [0.717, 1.165) is 38.5 Å². The molecule has 2 N–H and O–H groups in total. The van der Waals surface area contributed by atoms with E-state index in [1.807, 2.05) is 22.9 Å². The molecule has 2 aliphatic carbocycles. The minimum Gasteiger partial charge on any atom is -0.481 e. The number of carboxylic acid groups (broad SMARTS) is 1. The van der Waals surface area contributed by atoms with Gasteiger partial charge in [0.2, 0.25) is 0 Å². The van der Waals surface area contributed by atoms with Gasteiger partial charge in [-0.25, -0.2) is 0 Å². The van der Waals surface area contributed by atoms with Gasteiger partial charge in [-0.15, -0.1) is 0 Å². The molecule has 0 spiro atoms. The minimum atomic E-state index is -0.841. The number of carboxylic acids is 1. The third kappa shape index (κ3) is 2.82. The lowest BCUT2D eigenvalue weighted by atomic mass is 9.92. The summed E-state index contributed by atoms with van der Waals surface area (Å²) in [4.78, 5) is 23.7. The summed E-state index contributed by atoms with van der Waals surface area (Å²) in [5, 5.41) is 12.1. The van der Waals surface area contributed by atoms with Crippen LogP contribution in [0.15, 0.2) is 18.3 Å². The lowest BCUT2D eigenvalue weighted by molar-refractivity contribution is -0.138. The molecule has 0 atom stereocenters. The average molecular weight is 290 g/mol. The number of nitrogens with one attached hydrogen (secondary N) is 1. The highest BCUT2D eigenvalue weighted by Gasteiger charge is 2.38. The molecular formula is C16H22N2O3. The first-order valence-corrected chi connectivity index (χ1v) is 7.81. The van der Waals surface area contributed by atoms with E-state index in [-0.39, 0.29) is 12.3 Å². The van der Waals surface area contributed by atoms with Crippen LogP contribution in [0.1, 0.15) is 67.9 Å². The normalized spacial score (nSPS) is 21.0. The fraction of sp³-hybridized carbons (Fsp3) is 0.625. The van der Waals surface area contributed by atoms with Crippen LogP contribution in [0.5, 0.6) is 0 Å². The van der Waals surface area contributed by atoms with Gasteiger partial charge in [-0.05, 0) is 44.2 Å². The molecule has 21 heavy (non-hydrogen) atoms. The van der Waals surface area contributed by atoms with Crippen LogP contribution in [0.4, 0.5) is 0 Å². The fourth-order valence-corrected chi connectivity index (χ4v) is 3.56. The van der Waals surface area contributed by atoms with E-state index in [2.05, 4.69) is 5.32 Å². The Morgan fingerprint density at radius 3 is 2.57 bits per heavy atom. The minimum absolute atomic E-state index is 0.0167. The Morgan fingerprint density at radius 2 is 2.00 bits per heavy atom. The van der Waals surface area contributed by atoms with Crippen LogP contribution >= 0.6 is 0 Å². The summed E-state index contributed by atoms with van der Waals surface area (Å²) in [6, 6.07) is 4.16. The number of carbonyl (C=O) groups is 2. The van der Waals surface area contributed by atoms with E-state index in [0.29, 0.717) is 11.7 Å². The molecule has 5 heteroatoms. The monoisotopic (exact) mass is 290 g/mol. The fourth-order valence-electron chi connectivity index (χ4n) is 3.56. The van der Waals surface area contributed by atoms with Gasteiger partial charge in [0.1, 0.15) is 5.69 Å². The van der Waals surface area contributed by atoms with Gasteiger partial charge in [-0.3, -0.25) is 9.59 Å². The lowest BCUT2D eigenvalue weighted by Crippen LogP contribution is -2.48. The number of aliphatic carboxylic acids is 1. The van der Waals surface area contributed by atoms with E-state index < -0.39 is 11.5 Å². The molecule has 2 saturated carbocycles. The molecule has 114 valence electrons. The Hall–Kier alpha value is -1.78. The number of rotatable bonds is 5. The number of hydrogen-bond acceptors (Lipinski definition) is 2. The molecule has 2 fully saturated rings. The molecule has 0 aliphatic heterocycles. The van der Waals surface area contributed by atoms with Crippen molar-refractivity contribution in [1.29, 1.82) is 0 Å². The second-order valence-electron chi connectivity index (χ2n) is 6.40. The van der Waals surface area contributed by atoms with E-state index in [1.54, 1.807) is 0 Å². The topological polar surface area (TPSA) is 71.3 Å². The van der Waals surface area contributed by atoms with Crippen LogP contribution < -0.4 is 5.32 Å². The first-order chi connectivity index (χ1) is 10.1. The Bertz CT molecular complexity index is 539. The van der Waals surface area contributed by atoms with E-state index >= 15 is 0 Å². The SMILES string of the molecule is O=C(O)CC1(NC(=O)c2cccn2C2CCC2)CCCC1. The number of hydrogen-bond donors (Lipinski definition) is 2. The van der Waals surface area contributed by atoms with Crippen molar-refractivity contribution in [2.75, 3.05) is 0 Å². The zero-order valence-electron chi connectivity index (χ0n) is 12.2. The van der Waals surface area contributed by atoms with Crippen LogP contribution in [0, 0.1) is 0 Å². The van der Waals surface area contributed by atoms with Crippen molar-refractivity contribution in [2.24, 2.45) is 0 Å². The zero-order valence-corrected chi connectivity index (χ0v) is 12.2. The number of nitrogens with zero attached hydrogens (tertiary/aromatic N) is 1. The van der Waals surface area contributed by atoms with Gasteiger partial charge >= 0.3 is 5.97 Å². The first-order valence-electron chi connectivity index (χ1n) is 7.81. The molecule has 1 aromatic rings. The Labute approximate surface area is 124 Å². The molecule has 0 unspecified atom stereocenters. The van der Waals surface area contributed by atoms with Crippen LogP contribution in [-0.4, -0.2) is 27.1 Å². The van der Waals surface area contributed by atoms with Gasteiger partial charge in [0.15, 0.2) is 0 Å². The maximum atomic E-state index is 12.6. The predicted molar refractivity (Wildman–Crippen MR) is 78.2 cm³/mol. The summed E-state index contributed by atoms with van der Waals surface area (Å²) >= 11 is 0. The summed E-state index contributed by atoms with van der Waals surface area (Å²) in [7, 11) is 0. The first kappa shape index (κ1) is 14.2. The second kappa shape index (κ2) is 5.54. The van der Waals surface area contributed by atoms with Crippen molar-refractivity contribution >= 4 is 11.9 Å². The van der Waals surface area contributed by atoms with Gasteiger partial charge in [-0.1, -0.05) is 12.8 Å². The van der Waals surface area contributed by atoms with E-state index in [4.69, 9.17) is 5.11 Å². The maximum Gasteiger partial charge on any atom is 0.305 e. The van der Waals surface area contributed by atoms with Gasteiger partial charge in [0.05, 0.1) is 12.0 Å². The van der Waals surface area contributed by atoms with Gasteiger partial charge in [0, 0.05) is 12.2 Å². The van der Waals surface area contributed by atoms with Crippen molar-refractivity contribution in [3.8, 4) is 0 Å². The molecule has 0 aromatic carbocycles. The Morgan fingerprint density at radius 1 is 1.29 bits per heavy atom. The number of aromatic nitrogens is 1. The van der Waals surface area contributed by atoms with Crippen molar-refractivity contribution < 1.29 is 14.7 Å². The third-order valence-corrected chi connectivity index (χ3v) is 4.91. The van der Waals surface area contributed by atoms with Crippen LogP contribution in [0.3, 0.4) is 0 Å². The molecule has 1 heterocycles. The van der Waals surface area contributed by atoms with E-state index in [9.17, 15) is 9.59 Å². The molecule has 5 nitrogen and oxygen atoms in total. The third-order valence-electron chi connectivity index (χ3n) is 4.91. The predicted octanol–water partition coefficient (Wildman–Crippen LogP) is 2.73. The number of carbonyl (C=O) groups excluding carboxylic acids is 1. The Balaban J connectivity index is 1.75.